The molecule has 6 heteroatoms. The molecule has 2 heterocycles. The van der Waals surface area contributed by atoms with Gasteiger partial charge in [-0.25, -0.2) is 0 Å². The molecule has 2 N–H and O–H groups in total. The summed E-state index contributed by atoms with van der Waals surface area (Å²) in [5.41, 5.74) is 3.59. The van der Waals surface area contributed by atoms with Gasteiger partial charge in [0, 0.05) is 17.4 Å². The first kappa shape index (κ1) is 23.1. The summed E-state index contributed by atoms with van der Waals surface area (Å²) in [6, 6.07) is 34.4. The highest BCUT2D eigenvalue weighted by molar-refractivity contribution is 6.06. The zero-order valence-electron chi connectivity index (χ0n) is 20.3. The molecule has 0 bridgehead atoms. The number of fused-ring (bicyclic) bond motifs is 2. The Bertz CT molecular complexity index is 1800. The quantitative estimate of drug-likeness (QED) is 0.271. The zero-order valence-corrected chi connectivity index (χ0v) is 20.3. The van der Waals surface area contributed by atoms with E-state index in [9.17, 15) is 9.59 Å². The molecular weight excluding hydrogens is 472 g/mol. The molecule has 182 valence electrons. The normalized spacial score (nSPS) is 10.8. The SMILES string of the molecule is O=C(Nc1ccc2ccccc2c1)c1ccc(-c2ccc(NC(=O)c3ccc4ccccc4c3)cn2)nc1. The van der Waals surface area contributed by atoms with Crippen LogP contribution in [0.1, 0.15) is 20.7 Å². The highest BCUT2D eigenvalue weighted by Gasteiger charge is 2.10. The van der Waals surface area contributed by atoms with Crippen molar-refractivity contribution in [1.82, 2.24) is 9.97 Å². The number of pyridine rings is 2. The van der Waals surface area contributed by atoms with Gasteiger partial charge < -0.3 is 10.6 Å². The van der Waals surface area contributed by atoms with Gasteiger partial charge in [-0.1, -0.05) is 60.7 Å². The molecular formula is C32H22N4O2. The molecule has 4 aromatic carbocycles. The van der Waals surface area contributed by atoms with Crippen LogP contribution in [0.15, 0.2) is 122 Å². The smallest absolute Gasteiger partial charge is 0.257 e. The van der Waals surface area contributed by atoms with E-state index in [0.717, 1.165) is 27.2 Å². The van der Waals surface area contributed by atoms with E-state index in [1.54, 1.807) is 36.5 Å². The summed E-state index contributed by atoms with van der Waals surface area (Å²) in [7, 11) is 0. The molecule has 6 aromatic rings. The molecule has 0 saturated carbocycles. The molecule has 0 aliphatic rings. The zero-order chi connectivity index (χ0) is 25.9. The van der Waals surface area contributed by atoms with Crippen LogP contribution in [0.3, 0.4) is 0 Å². The van der Waals surface area contributed by atoms with E-state index in [0.29, 0.717) is 28.2 Å². The fourth-order valence-electron chi connectivity index (χ4n) is 4.30. The Morgan fingerprint density at radius 3 is 1.66 bits per heavy atom. The van der Waals surface area contributed by atoms with Crippen LogP contribution in [0.2, 0.25) is 0 Å². The lowest BCUT2D eigenvalue weighted by atomic mass is 10.1. The van der Waals surface area contributed by atoms with E-state index in [1.807, 2.05) is 78.9 Å². The number of amides is 2. The molecule has 2 aromatic heterocycles. The van der Waals surface area contributed by atoms with E-state index in [-0.39, 0.29) is 11.8 Å². The number of carbonyl (C=O) groups is 2. The van der Waals surface area contributed by atoms with Crippen LogP contribution in [0, 0.1) is 0 Å². The number of aromatic nitrogens is 2. The Kier molecular flexibility index (Phi) is 6.04. The molecule has 0 unspecified atom stereocenters. The lowest BCUT2D eigenvalue weighted by molar-refractivity contribution is 0.101. The van der Waals surface area contributed by atoms with E-state index < -0.39 is 0 Å². The molecule has 0 radical (unpaired) electrons. The van der Waals surface area contributed by atoms with Crippen molar-refractivity contribution in [3.05, 3.63) is 133 Å². The van der Waals surface area contributed by atoms with Crippen LogP contribution < -0.4 is 10.6 Å². The van der Waals surface area contributed by atoms with Crippen molar-refractivity contribution in [3.8, 4) is 11.4 Å². The Hall–Kier alpha value is -5.36. The van der Waals surface area contributed by atoms with Crippen LogP contribution in [0.5, 0.6) is 0 Å². The highest BCUT2D eigenvalue weighted by atomic mass is 16.2. The molecule has 6 rings (SSSR count). The third-order valence-corrected chi connectivity index (χ3v) is 6.33. The fraction of sp³-hybridized carbons (Fsp3) is 0. The minimum atomic E-state index is -0.237. The number of rotatable bonds is 5. The van der Waals surface area contributed by atoms with Gasteiger partial charge >= 0.3 is 0 Å². The van der Waals surface area contributed by atoms with Crippen LogP contribution in [0.25, 0.3) is 32.9 Å². The molecule has 0 saturated heterocycles. The molecule has 2 amide bonds. The fourth-order valence-corrected chi connectivity index (χ4v) is 4.30. The lowest BCUT2D eigenvalue weighted by Gasteiger charge is -2.08. The van der Waals surface area contributed by atoms with Gasteiger partial charge in [0.2, 0.25) is 0 Å². The third kappa shape index (κ3) is 4.83. The van der Waals surface area contributed by atoms with E-state index in [2.05, 4.69) is 20.6 Å². The number of hydrogen-bond donors (Lipinski definition) is 2. The summed E-state index contributed by atoms with van der Waals surface area (Å²) in [4.78, 5) is 34.3. The van der Waals surface area contributed by atoms with Crippen molar-refractivity contribution < 1.29 is 9.59 Å². The first-order valence-corrected chi connectivity index (χ1v) is 12.2. The van der Waals surface area contributed by atoms with Crippen molar-refractivity contribution in [3.63, 3.8) is 0 Å². The second-order valence-electron chi connectivity index (χ2n) is 8.90. The summed E-state index contributed by atoms with van der Waals surface area (Å²) in [6.45, 7) is 0. The molecule has 0 spiro atoms. The van der Waals surface area contributed by atoms with Crippen LogP contribution in [0.4, 0.5) is 11.4 Å². The summed E-state index contributed by atoms with van der Waals surface area (Å²) in [5.74, 6) is -0.441. The summed E-state index contributed by atoms with van der Waals surface area (Å²) < 4.78 is 0. The number of hydrogen-bond acceptors (Lipinski definition) is 4. The standard InChI is InChI=1S/C32H22N4O2/c37-31(25-10-9-21-5-1-3-7-23(21)17-25)36-28-14-16-30(34-20-28)29-15-12-26(19-33-29)32(38)35-27-13-11-22-6-2-4-8-24(22)18-27/h1-20H,(H,35,38)(H,36,37). The topological polar surface area (TPSA) is 84.0 Å². The van der Waals surface area contributed by atoms with E-state index >= 15 is 0 Å². The maximum Gasteiger partial charge on any atom is 0.257 e. The minimum absolute atomic E-state index is 0.204. The van der Waals surface area contributed by atoms with Crippen LogP contribution in [-0.2, 0) is 0 Å². The summed E-state index contributed by atoms with van der Waals surface area (Å²) >= 11 is 0. The number of benzene rings is 4. The predicted molar refractivity (Wildman–Crippen MR) is 151 cm³/mol. The minimum Gasteiger partial charge on any atom is -0.322 e. The molecule has 6 nitrogen and oxygen atoms in total. The Morgan fingerprint density at radius 1 is 0.474 bits per heavy atom. The molecule has 0 aliphatic heterocycles. The van der Waals surface area contributed by atoms with Crippen molar-refractivity contribution >= 4 is 44.7 Å². The lowest BCUT2D eigenvalue weighted by Crippen LogP contribution is -2.12. The molecule has 38 heavy (non-hydrogen) atoms. The number of anilines is 2. The van der Waals surface area contributed by atoms with Crippen molar-refractivity contribution in [1.29, 1.82) is 0 Å². The largest absolute Gasteiger partial charge is 0.322 e. The van der Waals surface area contributed by atoms with Gasteiger partial charge in [0.05, 0.1) is 28.8 Å². The Labute approximate surface area is 219 Å². The van der Waals surface area contributed by atoms with Crippen molar-refractivity contribution in [2.75, 3.05) is 10.6 Å². The average Bonchev–Trinajstić information content (AvgIpc) is 2.97. The number of nitrogens with zero attached hydrogens (tertiary/aromatic N) is 2. The maximum absolute atomic E-state index is 12.7. The van der Waals surface area contributed by atoms with Crippen molar-refractivity contribution in [2.45, 2.75) is 0 Å². The third-order valence-electron chi connectivity index (χ3n) is 6.33. The average molecular weight is 495 g/mol. The van der Waals surface area contributed by atoms with Gasteiger partial charge in [-0.15, -0.1) is 0 Å². The molecule has 0 atom stereocenters. The number of carbonyl (C=O) groups excluding carboxylic acids is 2. The van der Waals surface area contributed by atoms with E-state index in [4.69, 9.17) is 0 Å². The van der Waals surface area contributed by atoms with E-state index in [1.165, 1.54) is 6.20 Å². The van der Waals surface area contributed by atoms with Crippen molar-refractivity contribution in [2.24, 2.45) is 0 Å². The Morgan fingerprint density at radius 2 is 1.00 bits per heavy atom. The van der Waals surface area contributed by atoms with Crippen LogP contribution >= 0.6 is 0 Å². The highest BCUT2D eigenvalue weighted by Crippen LogP contribution is 2.21. The summed E-state index contributed by atoms with van der Waals surface area (Å²) in [6.07, 6.45) is 3.12. The molecule has 0 aliphatic carbocycles. The maximum atomic E-state index is 12.7. The van der Waals surface area contributed by atoms with Gasteiger partial charge in [0.1, 0.15) is 0 Å². The first-order valence-electron chi connectivity index (χ1n) is 12.2. The number of nitrogens with one attached hydrogen (secondary N) is 2. The van der Waals surface area contributed by atoms with Gasteiger partial charge in [-0.3, -0.25) is 19.6 Å². The summed E-state index contributed by atoms with van der Waals surface area (Å²) in [5, 5.41) is 10.1. The first-order chi connectivity index (χ1) is 18.6. The second-order valence-corrected chi connectivity index (χ2v) is 8.90. The Balaban J connectivity index is 1.11. The van der Waals surface area contributed by atoms with Gasteiger partial charge in [0.15, 0.2) is 0 Å². The van der Waals surface area contributed by atoms with Gasteiger partial charge in [-0.2, -0.15) is 0 Å². The predicted octanol–water partition coefficient (Wildman–Crippen LogP) is 6.95. The van der Waals surface area contributed by atoms with Gasteiger partial charge in [-0.05, 0) is 70.1 Å². The van der Waals surface area contributed by atoms with Gasteiger partial charge in [0.25, 0.3) is 11.8 Å². The molecule has 0 fully saturated rings. The second kappa shape index (κ2) is 9.95. The monoisotopic (exact) mass is 494 g/mol. The van der Waals surface area contributed by atoms with Crippen LogP contribution in [-0.4, -0.2) is 21.8 Å².